The zero-order valence-electron chi connectivity index (χ0n) is 54.2. The summed E-state index contributed by atoms with van der Waals surface area (Å²) in [6.07, 6.45) is 99.0. The fourth-order valence-corrected chi connectivity index (χ4v) is 9.49. The van der Waals surface area contributed by atoms with Crippen LogP contribution in [0.2, 0.25) is 0 Å². The van der Waals surface area contributed by atoms with E-state index in [2.05, 4.69) is 154 Å². The maximum absolute atomic E-state index is 13.0. The van der Waals surface area contributed by atoms with Crippen molar-refractivity contribution in [3.8, 4) is 0 Å². The average Bonchev–Trinajstić information content (AvgIpc) is 3.50. The molecule has 6 heteroatoms. The fraction of sp³-hybridized carbons (Fsp3) is 0.675. The summed E-state index contributed by atoms with van der Waals surface area (Å²) in [5, 5.41) is 0. The number of allylic oxidation sites excluding steroid dienone is 22. The van der Waals surface area contributed by atoms with Crippen LogP contribution in [-0.4, -0.2) is 37.2 Å². The van der Waals surface area contributed by atoms with Gasteiger partial charge < -0.3 is 14.2 Å². The van der Waals surface area contributed by atoms with Crippen molar-refractivity contribution >= 4 is 17.9 Å². The molecule has 83 heavy (non-hydrogen) atoms. The summed E-state index contributed by atoms with van der Waals surface area (Å²) in [6.45, 7) is 6.39. The third kappa shape index (κ3) is 68.2. The smallest absolute Gasteiger partial charge is 0.306 e. The molecule has 0 aromatic heterocycles. The van der Waals surface area contributed by atoms with Crippen LogP contribution < -0.4 is 0 Å². The first kappa shape index (κ1) is 78.5. The highest BCUT2D eigenvalue weighted by Crippen LogP contribution is 2.16. The van der Waals surface area contributed by atoms with E-state index in [1.807, 2.05) is 0 Å². The van der Waals surface area contributed by atoms with Gasteiger partial charge in [0.15, 0.2) is 6.10 Å². The van der Waals surface area contributed by atoms with Crippen LogP contribution >= 0.6 is 0 Å². The molecule has 0 amide bonds. The number of ether oxygens (including phenoxy) is 3. The number of rotatable bonds is 62. The Labute approximate surface area is 513 Å². The topological polar surface area (TPSA) is 78.9 Å². The molecular formula is C77H128O6. The summed E-state index contributed by atoms with van der Waals surface area (Å²) in [6, 6.07) is 0. The maximum atomic E-state index is 13.0. The molecule has 1 atom stereocenters. The molecule has 0 saturated heterocycles. The minimum Gasteiger partial charge on any atom is -0.462 e. The number of carbonyl (C=O) groups is 3. The van der Waals surface area contributed by atoms with Gasteiger partial charge in [-0.1, -0.05) is 296 Å². The number of hydrogen-bond donors (Lipinski definition) is 0. The Bertz CT molecular complexity index is 1750. The Balaban J connectivity index is 4.45. The Hall–Kier alpha value is -4.45. The third-order valence-corrected chi connectivity index (χ3v) is 14.6. The lowest BCUT2D eigenvalue weighted by Gasteiger charge is -2.18. The van der Waals surface area contributed by atoms with Crippen molar-refractivity contribution in [2.75, 3.05) is 13.2 Å². The van der Waals surface area contributed by atoms with Gasteiger partial charge in [0.25, 0.3) is 0 Å². The highest BCUT2D eigenvalue weighted by molar-refractivity contribution is 5.71. The van der Waals surface area contributed by atoms with Crippen molar-refractivity contribution in [1.82, 2.24) is 0 Å². The van der Waals surface area contributed by atoms with Crippen molar-refractivity contribution in [2.24, 2.45) is 0 Å². The lowest BCUT2D eigenvalue weighted by Crippen LogP contribution is -2.30. The van der Waals surface area contributed by atoms with E-state index in [0.29, 0.717) is 19.3 Å². The zero-order valence-corrected chi connectivity index (χ0v) is 54.2. The summed E-state index contributed by atoms with van der Waals surface area (Å²) in [5.41, 5.74) is 0. The molecule has 0 bridgehead atoms. The Morgan fingerprint density at radius 3 is 0.759 bits per heavy atom. The van der Waals surface area contributed by atoms with Gasteiger partial charge in [-0.25, -0.2) is 0 Å². The van der Waals surface area contributed by atoms with Crippen LogP contribution in [0.1, 0.15) is 316 Å². The van der Waals surface area contributed by atoms with E-state index >= 15 is 0 Å². The van der Waals surface area contributed by atoms with Crippen LogP contribution in [0, 0.1) is 0 Å². The molecule has 0 N–H and O–H groups in total. The molecule has 0 aliphatic heterocycles. The second kappa shape index (κ2) is 70.0. The molecule has 0 saturated carbocycles. The van der Waals surface area contributed by atoms with Crippen molar-refractivity contribution in [3.63, 3.8) is 0 Å². The third-order valence-electron chi connectivity index (χ3n) is 14.6. The quantitative estimate of drug-likeness (QED) is 0.0261. The van der Waals surface area contributed by atoms with E-state index in [0.717, 1.165) is 148 Å². The Morgan fingerprint density at radius 2 is 0.470 bits per heavy atom. The van der Waals surface area contributed by atoms with Crippen LogP contribution in [0.3, 0.4) is 0 Å². The average molecular weight is 1150 g/mol. The summed E-state index contributed by atoms with van der Waals surface area (Å²) in [4.78, 5) is 38.5. The van der Waals surface area contributed by atoms with Crippen LogP contribution in [0.5, 0.6) is 0 Å². The molecule has 0 aliphatic carbocycles. The van der Waals surface area contributed by atoms with E-state index in [1.165, 1.54) is 128 Å². The minimum atomic E-state index is -0.810. The summed E-state index contributed by atoms with van der Waals surface area (Å²) >= 11 is 0. The lowest BCUT2D eigenvalue weighted by molar-refractivity contribution is -0.167. The van der Waals surface area contributed by atoms with Crippen LogP contribution in [0.15, 0.2) is 134 Å². The fourth-order valence-electron chi connectivity index (χ4n) is 9.49. The van der Waals surface area contributed by atoms with Gasteiger partial charge in [0.2, 0.25) is 0 Å². The molecule has 0 heterocycles. The molecule has 1 unspecified atom stereocenters. The molecule has 0 aliphatic rings. The predicted molar refractivity (Wildman–Crippen MR) is 362 cm³/mol. The van der Waals surface area contributed by atoms with Gasteiger partial charge in [0.05, 0.1) is 0 Å². The number of hydrogen-bond acceptors (Lipinski definition) is 6. The molecule has 0 aromatic carbocycles. The summed E-state index contributed by atoms with van der Waals surface area (Å²) in [7, 11) is 0. The minimum absolute atomic E-state index is 0.0995. The van der Waals surface area contributed by atoms with E-state index in [1.54, 1.807) is 0 Å². The largest absolute Gasteiger partial charge is 0.462 e. The van der Waals surface area contributed by atoms with Crippen molar-refractivity contribution in [2.45, 2.75) is 322 Å². The Morgan fingerprint density at radius 1 is 0.253 bits per heavy atom. The van der Waals surface area contributed by atoms with E-state index < -0.39 is 6.10 Å². The highest BCUT2D eigenvalue weighted by Gasteiger charge is 2.19. The molecule has 0 rings (SSSR count). The number of esters is 3. The standard InChI is InChI=1S/C77H128O6/c1-4-7-10-13-16-19-22-25-28-31-34-36-37-38-39-41-43-46-49-52-55-58-61-64-67-70-76(79)82-73-74(72-81-75(78)69-66-63-60-57-54-51-48-45-42-33-30-27-24-21-18-15-12-9-6-3)83-77(80)71-68-65-62-59-56-53-50-47-44-40-35-32-29-26-23-20-17-14-11-8-5-2/h8-9,11-12,17-18,20-21,26-27,29-31,34-35,40,42,45,47,50-51,54,74H,4-7,10,13-16,19,22-25,28,32-33,36-39,41,43-44,46,48-49,52-53,55-73H2,1-3H3/b11-8-,12-9-,20-17-,21-18-,29-26-,30-27-,34-31-,40-35-,45-42-,50-47-,54-51-. The van der Waals surface area contributed by atoms with E-state index in [-0.39, 0.29) is 31.1 Å². The van der Waals surface area contributed by atoms with Crippen LogP contribution in [-0.2, 0) is 28.6 Å². The van der Waals surface area contributed by atoms with Crippen molar-refractivity contribution in [3.05, 3.63) is 134 Å². The van der Waals surface area contributed by atoms with Gasteiger partial charge in [-0.2, -0.15) is 0 Å². The number of unbranched alkanes of at least 4 members (excludes halogenated alkanes) is 29. The zero-order chi connectivity index (χ0) is 59.9. The lowest BCUT2D eigenvalue weighted by atomic mass is 10.0. The van der Waals surface area contributed by atoms with Crippen molar-refractivity contribution in [1.29, 1.82) is 0 Å². The second-order valence-electron chi connectivity index (χ2n) is 22.7. The first-order valence-electron chi connectivity index (χ1n) is 34.7. The highest BCUT2D eigenvalue weighted by atomic mass is 16.6. The van der Waals surface area contributed by atoms with Gasteiger partial charge in [-0.15, -0.1) is 0 Å². The molecule has 0 aromatic rings. The first-order chi connectivity index (χ1) is 41.0. The first-order valence-corrected chi connectivity index (χ1v) is 34.7. The number of carbonyl (C=O) groups excluding carboxylic acids is 3. The summed E-state index contributed by atoms with van der Waals surface area (Å²) < 4.78 is 16.9. The van der Waals surface area contributed by atoms with Gasteiger partial charge in [-0.3, -0.25) is 14.4 Å². The monoisotopic (exact) mass is 1150 g/mol. The normalized spacial score (nSPS) is 13.0. The van der Waals surface area contributed by atoms with Gasteiger partial charge in [-0.05, 0) is 135 Å². The van der Waals surface area contributed by atoms with Crippen LogP contribution in [0.25, 0.3) is 0 Å². The molecule has 6 nitrogen and oxygen atoms in total. The van der Waals surface area contributed by atoms with Crippen molar-refractivity contribution < 1.29 is 28.6 Å². The van der Waals surface area contributed by atoms with Gasteiger partial charge >= 0.3 is 17.9 Å². The van der Waals surface area contributed by atoms with Gasteiger partial charge in [0.1, 0.15) is 13.2 Å². The predicted octanol–water partition coefficient (Wildman–Crippen LogP) is 24.1. The molecule has 0 fully saturated rings. The van der Waals surface area contributed by atoms with Gasteiger partial charge in [0, 0.05) is 19.3 Å². The molecular weight excluding hydrogens is 1020 g/mol. The SMILES string of the molecule is CC/C=C\C/C=C\C/C=C\C/C=C\C/C=C\CCCCCCCC(=O)OC(COC(=O)CCCCC/C=C\C/C=C\C/C=C\C/C=C\C/C=C\CC)COC(=O)CCCCCCCCCCCCCCC/C=C\CCCCCCCCCC. The second-order valence-corrected chi connectivity index (χ2v) is 22.7. The maximum Gasteiger partial charge on any atom is 0.306 e. The molecule has 0 spiro atoms. The summed E-state index contributed by atoms with van der Waals surface area (Å²) in [5.74, 6) is -0.945. The van der Waals surface area contributed by atoms with E-state index in [4.69, 9.17) is 14.2 Å². The molecule has 472 valence electrons. The Kier molecular flexibility index (Phi) is 66.3. The van der Waals surface area contributed by atoms with E-state index in [9.17, 15) is 14.4 Å². The molecule has 0 radical (unpaired) electrons. The van der Waals surface area contributed by atoms with Crippen LogP contribution in [0.4, 0.5) is 0 Å².